The van der Waals surface area contributed by atoms with Crippen LogP contribution in [0, 0.1) is 6.92 Å². The predicted molar refractivity (Wildman–Crippen MR) is 201 cm³/mol. The van der Waals surface area contributed by atoms with E-state index in [0.717, 1.165) is 15.4 Å². The van der Waals surface area contributed by atoms with E-state index in [0.29, 0.717) is 5.56 Å². The van der Waals surface area contributed by atoms with E-state index < -0.39 is 61.9 Å². The zero-order chi connectivity index (χ0) is 37.2. The summed E-state index contributed by atoms with van der Waals surface area (Å²) in [5.41, 5.74) is 1.24. The molecule has 0 radical (unpaired) electrons. The van der Waals surface area contributed by atoms with Gasteiger partial charge in [-0.05, 0) is 73.6 Å². The Bertz CT molecular complexity index is 1890. The molecule has 270 valence electrons. The lowest BCUT2D eigenvalue weighted by atomic mass is 9.96. The molecule has 0 saturated carbocycles. The Morgan fingerprint density at radius 3 is 1.81 bits per heavy atom. The van der Waals surface area contributed by atoms with Crippen LogP contribution in [-0.2, 0) is 18.6 Å². The number of ether oxygens (including phenoxy) is 3. The molecule has 9 nitrogen and oxygen atoms in total. The predicted octanol–water partition coefficient (Wildman–Crippen LogP) is 7.95. The number of hydrogen-bond donors (Lipinski definition) is 0. The van der Waals surface area contributed by atoms with Crippen molar-refractivity contribution in [1.82, 2.24) is 4.90 Å². The zero-order valence-corrected chi connectivity index (χ0v) is 31.9. The monoisotopic (exact) mass is 737 g/mol. The number of esters is 2. The smallest absolute Gasteiger partial charge is 0.338 e. The van der Waals surface area contributed by atoms with Gasteiger partial charge in [-0.1, -0.05) is 98.8 Å². The van der Waals surface area contributed by atoms with Crippen molar-refractivity contribution in [2.24, 2.45) is 0 Å². The fraction of sp³-hybridized carbons (Fsp3) is 0.317. The molecule has 2 aliphatic rings. The highest BCUT2D eigenvalue weighted by atomic mass is 32.2. The molecule has 0 aliphatic carbocycles. The van der Waals surface area contributed by atoms with E-state index in [1.54, 1.807) is 78.9 Å². The third-order valence-electron chi connectivity index (χ3n) is 9.89. The number of benzene rings is 4. The molecule has 2 heterocycles. The molecule has 52 heavy (non-hydrogen) atoms. The van der Waals surface area contributed by atoms with Crippen molar-refractivity contribution in [1.29, 1.82) is 0 Å². The molecule has 0 bridgehead atoms. The first-order valence-corrected chi connectivity index (χ1v) is 21.1. The third-order valence-corrected chi connectivity index (χ3v) is 15.5. The molecule has 2 aliphatic heterocycles. The van der Waals surface area contributed by atoms with Crippen LogP contribution in [0.1, 0.15) is 67.8 Å². The van der Waals surface area contributed by atoms with E-state index >= 15 is 0 Å². The van der Waals surface area contributed by atoms with E-state index in [2.05, 4.69) is 33.9 Å². The number of aryl methyl sites for hydroxylation is 1. The lowest BCUT2D eigenvalue weighted by Crippen LogP contribution is -2.68. The maximum Gasteiger partial charge on any atom is 0.338 e. The van der Waals surface area contributed by atoms with Crippen LogP contribution in [0.4, 0.5) is 0 Å². The van der Waals surface area contributed by atoms with Crippen molar-refractivity contribution in [3.05, 3.63) is 137 Å². The van der Waals surface area contributed by atoms with E-state index in [-0.39, 0.29) is 28.3 Å². The topological polar surface area (TPSA) is 108 Å². The molecule has 0 aromatic heterocycles. The van der Waals surface area contributed by atoms with Crippen LogP contribution in [0.25, 0.3) is 0 Å². The van der Waals surface area contributed by atoms with Crippen LogP contribution in [0.2, 0.25) is 18.1 Å². The molecule has 0 N–H and O–H groups in total. The number of thioether (sulfide) groups is 1. The first-order chi connectivity index (χ1) is 24.7. The van der Waals surface area contributed by atoms with Gasteiger partial charge in [-0.25, -0.2) is 9.59 Å². The maximum atomic E-state index is 14.3. The Morgan fingerprint density at radius 1 is 0.750 bits per heavy atom. The van der Waals surface area contributed by atoms with Gasteiger partial charge in [-0.15, -0.1) is 0 Å². The zero-order valence-electron chi connectivity index (χ0n) is 30.1. The molecular weight excluding hydrogens is 695 g/mol. The van der Waals surface area contributed by atoms with Crippen molar-refractivity contribution in [2.45, 2.75) is 80.5 Å². The lowest BCUT2D eigenvalue weighted by molar-refractivity contribution is -0.178. The van der Waals surface area contributed by atoms with Gasteiger partial charge in [0, 0.05) is 4.90 Å². The molecule has 0 spiro atoms. The molecule has 1 saturated heterocycles. The van der Waals surface area contributed by atoms with Crippen molar-refractivity contribution >= 4 is 43.8 Å². The van der Waals surface area contributed by atoms with Gasteiger partial charge in [-0.2, -0.15) is 0 Å². The Balaban J connectivity index is 1.49. The highest BCUT2D eigenvalue weighted by molar-refractivity contribution is 7.99. The summed E-state index contributed by atoms with van der Waals surface area (Å²) in [5, 5.41) is -0.301. The molecule has 5 unspecified atom stereocenters. The van der Waals surface area contributed by atoms with Crippen LogP contribution in [0.3, 0.4) is 0 Å². The summed E-state index contributed by atoms with van der Waals surface area (Å²) in [6.45, 7) is 12.1. The minimum Gasteiger partial charge on any atom is -0.459 e. The number of carbonyl (C=O) groups is 4. The fourth-order valence-electron chi connectivity index (χ4n) is 6.00. The van der Waals surface area contributed by atoms with Gasteiger partial charge in [0.1, 0.15) is 30.3 Å². The van der Waals surface area contributed by atoms with E-state index in [1.165, 1.54) is 11.8 Å². The normalized spacial score (nSPS) is 21.8. The number of fused-ring (bicyclic) bond motifs is 1. The van der Waals surface area contributed by atoms with Crippen molar-refractivity contribution < 1.29 is 37.8 Å². The Hall–Kier alpha value is -4.55. The third kappa shape index (κ3) is 7.78. The standard InChI is InChI=1S/C41H43NO8SSi/c1-26-21-23-29(24-22-26)51-40-33(42-36(43)30-19-13-14-20-31(30)37(42)44)35(49-39(46)28-17-11-8-12-18-28)34(50-52(5,6)41(2,3)4)32(48-40)25-47-38(45)27-15-9-7-10-16-27/h7-24,32-35,40H,25H2,1-6H3. The molecular formula is C41H43NO8SSi. The summed E-state index contributed by atoms with van der Waals surface area (Å²) in [6, 6.07) is 30.4. The van der Waals surface area contributed by atoms with Crippen LogP contribution in [-0.4, -0.2) is 73.4 Å². The van der Waals surface area contributed by atoms with Gasteiger partial charge in [0.05, 0.1) is 22.3 Å². The van der Waals surface area contributed by atoms with Crippen LogP contribution in [0.15, 0.2) is 114 Å². The van der Waals surface area contributed by atoms with E-state index in [9.17, 15) is 19.2 Å². The second-order valence-corrected chi connectivity index (χ2v) is 20.5. The number of imide groups is 1. The minimum atomic E-state index is -2.70. The van der Waals surface area contributed by atoms with Crippen LogP contribution >= 0.6 is 11.8 Å². The quantitative estimate of drug-likeness (QED) is 0.0911. The second-order valence-electron chi connectivity index (χ2n) is 14.5. The number of amides is 2. The van der Waals surface area contributed by atoms with Crippen molar-refractivity contribution in [3.63, 3.8) is 0 Å². The summed E-state index contributed by atoms with van der Waals surface area (Å²) < 4.78 is 26.3. The van der Waals surface area contributed by atoms with Gasteiger partial charge in [0.2, 0.25) is 0 Å². The van der Waals surface area contributed by atoms with Crippen molar-refractivity contribution in [3.8, 4) is 0 Å². The Labute approximate surface area is 309 Å². The largest absolute Gasteiger partial charge is 0.459 e. The Kier molecular flexibility index (Phi) is 10.9. The molecule has 4 aromatic rings. The highest BCUT2D eigenvalue weighted by Crippen LogP contribution is 2.44. The first kappa shape index (κ1) is 37.2. The maximum absolute atomic E-state index is 14.3. The van der Waals surface area contributed by atoms with E-state index in [4.69, 9.17) is 18.6 Å². The van der Waals surface area contributed by atoms with Crippen molar-refractivity contribution in [2.75, 3.05) is 6.61 Å². The summed E-state index contributed by atoms with van der Waals surface area (Å²) in [5.74, 6) is -2.26. The van der Waals surface area contributed by atoms with Gasteiger partial charge >= 0.3 is 11.9 Å². The van der Waals surface area contributed by atoms with Gasteiger partial charge in [0.15, 0.2) is 14.4 Å². The number of nitrogens with zero attached hydrogens (tertiary/aromatic N) is 1. The average Bonchev–Trinajstić information content (AvgIpc) is 3.38. The summed E-state index contributed by atoms with van der Waals surface area (Å²) in [7, 11) is -2.70. The molecule has 5 atom stereocenters. The highest BCUT2D eigenvalue weighted by Gasteiger charge is 2.58. The first-order valence-electron chi connectivity index (χ1n) is 17.3. The fourth-order valence-corrected chi connectivity index (χ4v) is 8.49. The molecule has 1 fully saturated rings. The SMILES string of the molecule is Cc1ccc(SC2OC(COC(=O)c3ccccc3)C(O[Si](C)(C)C(C)(C)C)C(OC(=O)c3ccccc3)C2N2C(=O)c3ccccc3C2=O)cc1. The summed E-state index contributed by atoms with van der Waals surface area (Å²) in [6.07, 6.45) is -3.22. The molecule has 2 amide bonds. The number of rotatable bonds is 10. The average molecular weight is 738 g/mol. The molecule has 6 rings (SSSR count). The van der Waals surface area contributed by atoms with Crippen LogP contribution in [0.5, 0.6) is 0 Å². The molecule has 11 heteroatoms. The summed E-state index contributed by atoms with van der Waals surface area (Å²) >= 11 is 1.29. The number of hydrogen-bond acceptors (Lipinski definition) is 9. The van der Waals surface area contributed by atoms with Gasteiger partial charge < -0.3 is 18.6 Å². The number of carbonyl (C=O) groups excluding carboxylic acids is 4. The minimum absolute atomic E-state index is 0.244. The van der Waals surface area contributed by atoms with Gasteiger partial charge in [-0.3, -0.25) is 14.5 Å². The summed E-state index contributed by atoms with van der Waals surface area (Å²) in [4.78, 5) is 57.8. The lowest BCUT2D eigenvalue weighted by Gasteiger charge is -2.51. The van der Waals surface area contributed by atoms with Gasteiger partial charge in [0.25, 0.3) is 11.8 Å². The Morgan fingerprint density at radius 2 is 1.27 bits per heavy atom. The second kappa shape index (κ2) is 15.2. The molecule has 4 aromatic carbocycles. The van der Waals surface area contributed by atoms with E-state index in [1.807, 2.05) is 37.3 Å². The van der Waals surface area contributed by atoms with Crippen LogP contribution < -0.4 is 0 Å².